The molecule has 190 valence electrons. The minimum atomic E-state index is -4.65. The topological polar surface area (TPSA) is 75.7 Å². The standard InChI is InChI=1S/C27H20ClF3N2O4/c1-15(2)17-5-3-8-21(13-17)37-26(36)16-9-11-19(12-10-16)32-23-22(28)24(34)33(25(23)35)20-7-4-6-18(14-20)27(29,30)31/h3-15,32H,1-2H3. The zero-order chi connectivity index (χ0) is 26.9. The maximum atomic E-state index is 13.1. The van der Waals surface area contributed by atoms with Gasteiger partial charge in [-0.3, -0.25) is 9.59 Å². The minimum Gasteiger partial charge on any atom is -0.423 e. The molecule has 3 aromatic rings. The Hall–Kier alpha value is -4.11. The molecule has 6 nitrogen and oxygen atoms in total. The van der Waals surface area contributed by atoms with Crippen LogP contribution in [0.25, 0.3) is 0 Å². The van der Waals surface area contributed by atoms with Gasteiger partial charge in [0.2, 0.25) is 0 Å². The van der Waals surface area contributed by atoms with Crippen molar-refractivity contribution < 1.29 is 32.3 Å². The lowest BCUT2D eigenvalue weighted by molar-refractivity contribution is -0.137. The number of benzene rings is 3. The number of esters is 1. The third-order valence-electron chi connectivity index (χ3n) is 5.58. The van der Waals surface area contributed by atoms with E-state index in [1.807, 2.05) is 19.9 Å². The zero-order valence-electron chi connectivity index (χ0n) is 19.6. The number of hydrogen-bond acceptors (Lipinski definition) is 5. The summed E-state index contributed by atoms with van der Waals surface area (Å²) in [5, 5.41) is 2.24. The van der Waals surface area contributed by atoms with Crippen molar-refractivity contribution in [3.05, 3.63) is 100 Å². The van der Waals surface area contributed by atoms with Crippen LogP contribution in [0.4, 0.5) is 24.5 Å². The van der Waals surface area contributed by atoms with Crippen LogP contribution < -0.4 is 15.0 Å². The van der Waals surface area contributed by atoms with Crippen molar-refractivity contribution in [1.29, 1.82) is 0 Å². The third-order valence-corrected chi connectivity index (χ3v) is 5.93. The van der Waals surface area contributed by atoms with Gasteiger partial charge in [0.1, 0.15) is 16.5 Å². The van der Waals surface area contributed by atoms with Gasteiger partial charge in [-0.15, -0.1) is 0 Å². The van der Waals surface area contributed by atoms with Gasteiger partial charge in [0.05, 0.1) is 16.8 Å². The van der Waals surface area contributed by atoms with E-state index in [0.29, 0.717) is 22.4 Å². The average molecular weight is 529 g/mol. The molecule has 1 aliphatic heterocycles. The summed E-state index contributed by atoms with van der Waals surface area (Å²) in [7, 11) is 0. The molecule has 0 saturated heterocycles. The lowest BCUT2D eigenvalue weighted by Crippen LogP contribution is -2.32. The summed E-state index contributed by atoms with van der Waals surface area (Å²) in [5.74, 6) is -1.80. The van der Waals surface area contributed by atoms with Crippen molar-refractivity contribution in [2.24, 2.45) is 0 Å². The summed E-state index contributed by atoms with van der Waals surface area (Å²) in [4.78, 5) is 38.6. The van der Waals surface area contributed by atoms with Gasteiger partial charge in [-0.1, -0.05) is 43.6 Å². The van der Waals surface area contributed by atoms with Crippen molar-refractivity contribution in [3.63, 3.8) is 0 Å². The Labute approximate surface area is 215 Å². The number of hydrogen-bond donors (Lipinski definition) is 1. The molecule has 1 heterocycles. The second-order valence-electron chi connectivity index (χ2n) is 8.50. The van der Waals surface area contributed by atoms with Crippen LogP contribution in [0, 0.1) is 0 Å². The average Bonchev–Trinajstić information content (AvgIpc) is 3.07. The van der Waals surface area contributed by atoms with Crippen LogP contribution in [0.5, 0.6) is 5.75 Å². The number of alkyl halides is 3. The van der Waals surface area contributed by atoms with Crippen LogP contribution in [0.3, 0.4) is 0 Å². The number of nitrogens with one attached hydrogen (secondary N) is 1. The summed E-state index contributed by atoms with van der Waals surface area (Å²) < 4.78 is 44.7. The highest BCUT2D eigenvalue weighted by atomic mass is 35.5. The molecule has 4 rings (SSSR count). The van der Waals surface area contributed by atoms with Crippen LogP contribution in [0.1, 0.15) is 41.3 Å². The van der Waals surface area contributed by atoms with E-state index in [1.54, 1.807) is 18.2 Å². The SMILES string of the molecule is CC(C)c1cccc(OC(=O)c2ccc(NC3=C(Cl)C(=O)N(c4cccc(C(F)(F)F)c4)C3=O)cc2)c1. The first kappa shape index (κ1) is 26.0. The molecule has 1 aliphatic rings. The Kier molecular flexibility index (Phi) is 7.09. The normalized spacial score (nSPS) is 14.0. The van der Waals surface area contributed by atoms with Crippen LogP contribution in [-0.2, 0) is 15.8 Å². The molecule has 1 N–H and O–H groups in total. The number of amides is 2. The van der Waals surface area contributed by atoms with Gasteiger partial charge in [0.15, 0.2) is 0 Å². The molecule has 0 aliphatic carbocycles. The highest BCUT2D eigenvalue weighted by molar-refractivity contribution is 6.53. The highest BCUT2D eigenvalue weighted by Crippen LogP contribution is 2.35. The van der Waals surface area contributed by atoms with Crippen molar-refractivity contribution in [2.75, 3.05) is 10.2 Å². The summed E-state index contributed by atoms with van der Waals surface area (Å²) in [6.07, 6.45) is -4.65. The fourth-order valence-electron chi connectivity index (χ4n) is 3.60. The molecule has 3 aromatic carbocycles. The summed E-state index contributed by atoms with van der Waals surface area (Å²) >= 11 is 6.06. The molecule has 0 spiro atoms. The predicted molar refractivity (Wildman–Crippen MR) is 132 cm³/mol. The lowest BCUT2D eigenvalue weighted by Gasteiger charge is -2.17. The number of ether oxygens (including phenoxy) is 1. The van der Waals surface area contributed by atoms with Gasteiger partial charge in [-0.25, -0.2) is 9.69 Å². The van der Waals surface area contributed by atoms with Gasteiger partial charge < -0.3 is 10.1 Å². The van der Waals surface area contributed by atoms with Gasteiger partial charge in [-0.2, -0.15) is 13.2 Å². The van der Waals surface area contributed by atoms with Gasteiger partial charge in [-0.05, 0) is 66.1 Å². The number of nitrogens with zero attached hydrogens (tertiary/aromatic N) is 1. The minimum absolute atomic E-state index is 0.236. The molecule has 0 unspecified atom stereocenters. The smallest absolute Gasteiger partial charge is 0.416 e. The largest absolute Gasteiger partial charge is 0.423 e. The first-order valence-electron chi connectivity index (χ1n) is 11.1. The fraction of sp³-hybridized carbons (Fsp3) is 0.148. The van der Waals surface area contributed by atoms with E-state index in [1.165, 1.54) is 30.3 Å². The molecule has 0 bridgehead atoms. The molecular formula is C27H20ClF3N2O4. The van der Waals surface area contributed by atoms with E-state index in [4.69, 9.17) is 16.3 Å². The predicted octanol–water partition coefficient (Wildman–Crippen LogP) is 6.48. The molecule has 0 radical (unpaired) electrons. The second kappa shape index (κ2) is 10.1. The quantitative estimate of drug-likeness (QED) is 0.225. The molecular weight excluding hydrogens is 509 g/mol. The lowest BCUT2D eigenvalue weighted by atomic mass is 10.0. The van der Waals surface area contributed by atoms with E-state index in [0.717, 1.165) is 17.7 Å². The van der Waals surface area contributed by atoms with Gasteiger partial charge in [0, 0.05) is 5.69 Å². The maximum absolute atomic E-state index is 13.1. The van der Waals surface area contributed by atoms with Crippen molar-refractivity contribution >= 4 is 40.8 Å². The molecule has 10 heteroatoms. The molecule has 0 atom stereocenters. The van der Waals surface area contributed by atoms with E-state index >= 15 is 0 Å². The molecule has 0 aromatic heterocycles. The second-order valence-corrected chi connectivity index (χ2v) is 8.88. The molecule has 0 fully saturated rings. The van der Waals surface area contributed by atoms with E-state index in [-0.39, 0.29) is 22.9 Å². The highest BCUT2D eigenvalue weighted by Gasteiger charge is 2.40. The Bertz CT molecular complexity index is 1420. The monoisotopic (exact) mass is 528 g/mol. The van der Waals surface area contributed by atoms with Gasteiger partial charge in [0.25, 0.3) is 11.8 Å². The summed E-state index contributed by atoms with van der Waals surface area (Å²) in [5.41, 5.74) is -0.00524. The van der Waals surface area contributed by atoms with E-state index in [2.05, 4.69) is 5.32 Å². The van der Waals surface area contributed by atoms with Crippen LogP contribution in [0.2, 0.25) is 0 Å². The Morgan fingerprint density at radius 2 is 1.62 bits per heavy atom. The third kappa shape index (κ3) is 5.51. The number of anilines is 2. The number of carbonyl (C=O) groups is 3. The van der Waals surface area contributed by atoms with Crippen LogP contribution in [0.15, 0.2) is 83.5 Å². The summed E-state index contributed by atoms with van der Waals surface area (Å²) in [6.45, 7) is 4.05. The number of halogens is 4. The fourth-order valence-corrected chi connectivity index (χ4v) is 3.82. The Morgan fingerprint density at radius 1 is 0.946 bits per heavy atom. The van der Waals surface area contributed by atoms with Crippen LogP contribution in [-0.4, -0.2) is 17.8 Å². The van der Waals surface area contributed by atoms with E-state index < -0.39 is 34.6 Å². The zero-order valence-corrected chi connectivity index (χ0v) is 20.4. The molecule has 37 heavy (non-hydrogen) atoms. The number of carbonyl (C=O) groups excluding carboxylic acids is 3. The molecule has 2 amide bonds. The van der Waals surface area contributed by atoms with Crippen LogP contribution >= 0.6 is 11.6 Å². The summed E-state index contributed by atoms with van der Waals surface area (Å²) in [6, 6.07) is 16.9. The van der Waals surface area contributed by atoms with Gasteiger partial charge >= 0.3 is 12.1 Å². The van der Waals surface area contributed by atoms with E-state index in [9.17, 15) is 27.6 Å². The first-order chi connectivity index (χ1) is 17.5. The number of imide groups is 1. The Morgan fingerprint density at radius 3 is 2.27 bits per heavy atom. The first-order valence-corrected chi connectivity index (χ1v) is 11.5. The number of rotatable bonds is 6. The Balaban J connectivity index is 1.48. The maximum Gasteiger partial charge on any atom is 0.416 e. The van der Waals surface area contributed by atoms with Crippen molar-refractivity contribution in [3.8, 4) is 5.75 Å². The van der Waals surface area contributed by atoms with Crippen molar-refractivity contribution in [2.45, 2.75) is 25.9 Å². The molecule has 0 saturated carbocycles. The van der Waals surface area contributed by atoms with Crippen molar-refractivity contribution in [1.82, 2.24) is 0 Å².